The first kappa shape index (κ1) is 54.9. The van der Waals surface area contributed by atoms with Gasteiger partial charge in [-0.15, -0.1) is 12.6 Å². The summed E-state index contributed by atoms with van der Waals surface area (Å²) in [5.41, 5.74) is 0. The van der Waals surface area contributed by atoms with Crippen molar-refractivity contribution < 1.29 is 146 Å². The zero-order valence-electron chi connectivity index (χ0n) is 19.6. The molecular weight excluding hydrogens is 949 g/mol. The molecule has 0 aliphatic rings. The van der Waals surface area contributed by atoms with Gasteiger partial charge in [0, 0.05) is 13.1 Å². The molecule has 0 atom stereocenters. The second-order valence-electron chi connectivity index (χ2n) is 4.81. The van der Waals surface area contributed by atoms with Crippen LogP contribution in [0.3, 0.4) is 0 Å². The van der Waals surface area contributed by atoms with Crippen molar-refractivity contribution in [3.8, 4) is 0 Å². The molecule has 0 saturated heterocycles. The van der Waals surface area contributed by atoms with Crippen LogP contribution in [0, 0.1) is 10.2 Å². The van der Waals surface area contributed by atoms with E-state index in [9.17, 15) is 26.0 Å². The van der Waals surface area contributed by atoms with E-state index in [1.165, 1.54) is 0 Å². The fraction of sp³-hybridized carbons (Fsp3) is 0.800. The van der Waals surface area contributed by atoms with Gasteiger partial charge < -0.3 is 39.2 Å². The Hall–Kier alpha value is 0.502. The van der Waals surface area contributed by atoms with Crippen LogP contribution in [-0.2, 0) is 73.7 Å². The SMILES string of the molecule is CCN(CC)C(=S)S.O=P(O)(O)O.O=P(O)(O)OP(=O)(O)O.O=S(=O)(O)OOS(=O)(=O)O.[O-][Cl+3]([O-])([O-])O.[O]=[Re](=[O])(=[O])[OH]. The van der Waals surface area contributed by atoms with Crippen LogP contribution in [0.1, 0.15) is 13.8 Å². The second kappa shape index (κ2) is 23.8. The predicted molar refractivity (Wildman–Crippen MR) is 116 cm³/mol. The van der Waals surface area contributed by atoms with Crippen LogP contribution in [-0.4, -0.2) is 91.0 Å². The molecule has 0 aliphatic carbocycles. The molecular formula is C5H22ClNO27P3ReS4. The molecule has 0 aromatic carbocycles. The molecule has 0 amide bonds. The Morgan fingerprint density at radius 1 is 0.833 bits per heavy atom. The number of hydrogen-bond donors (Lipinski definition) is 12. The molecule has 28 nitrogen and oxygen atoms in total. The fourth-order valence-corrected chi connectivity index (χ4v) is 2.91. The monoisotopic (exact) mass is 971 g/mol. The number of nitrogens with zero attached hydrogens (tertiary/aromatic N) is 1. The Balaban J connectivity index is -0.0000000948. The van der Waals surface area contributed by atoms with Crippen molar-refractivity contribution in [2.24, 2.45) is 0 Å². The normalized spacial score (nSPS) is 12.0. The maximum absolute atomic E-state index is 9.63. The van der Waals surface area contributed by atoms with E-state index in [-0.39, 0.29) is 0 Å². The summed E-state index contributed by atoms with van der Waals surface area (Å²) in [6.45, 7) is 6.04. The topological polar surface area (TPSA) is 493 Å². The Labute approximate surface area is 250 Å². The second-order valence-corrected chi connectivity index (χ2v) is 15.2. The Bertz CT molecular complexity index is 1180. The van der Waals surface area contributed by atoms with E-state index in [4.69, 9.17) is 93.0 Å². The third-order valence-electron chi connectivity index (χ3n) is 1.45. The third-order valence-corrected chi connectivity index (χ3v) is 4.26. The van der Waals surface area contributed by atoms with Gasteiger partial charge in [-0.3, -0.25) is 9.11 Å². The van der Waals surface area contributed by atoms with Gasteiger partial charge in [-0.1, -0.05) is 20.9 Å². The van der Waals surface area contributed by atoms with Gasteiger partial charge in [-0.2, -0.15) is 35.1 Å². The molecule has 0 radical (unpaired) electrons. The minimum atomic E-state index is -5.86. The fourth-order valence-electron chi connectivity index (χ4n) is 0.703. The van der Waals surface area contributed by atoms with Crippen LogP contribution in [0.5, 0.6) is 0 Å². The number of phosphoric acid groups is 3. The molecule has 0 aromatic rings. The van der Waals surface area contributed by atoms with Gasteiger partial charge in [-0.25, -0.2) is 13.7 Å². The zero-order chi connectivity index (χ0) is 36.2. The molecule has 0 spiro atoms. The van der Waals surface area contributed by atoms with Gasteiger partial charge in [0.15, 0.2) is 0 Å². The van der Waals surface area contributed by atoms with E-state index in [0.29, 0.717) is 4.32 Å². The van der Waals surface area contributed by atoms with Crippen LogP contribution in [0.15, 0.2) is 0 Å². The van der Waals surface area contributed by atoms with Gasteiger partial charge in [0.1, 0.15) is 4.32 Å². The molecule has 0 aromatic heterocycles. The quantitative estimate of drug-likeness (QED) is 0.0282. The van der Waals surface area contributed by atoms with Gasteiger partial charge in [0.05, 0.1) is 14.9 Å². The summed E-state index contributed by atoms with van der Waals surface area (Å²) in [6.07, 6.45) is 0. The molecule has 0 unspecified atom stereocenters. The Morgan fingerprint density at radius 2 is 1.00 bits per heavy atom. The molecule has 0 rings (SSSR count). The minimum absolute atomic E-state index is 0.690. The number of rotatable bonds is 7. The Kier molecular flexibility index (Phi) is 31.1. The van der Waals surface area contributed by atoms with Crippen molar-refractivity contribution in [2.45, 2.75) is 13.8 Å². The van der Waals surface area contributed by atoms with E-state index in [0.717, 1.165) is 13.1 Å². The number of halogens is 1. The molecule has 262 valence electrons. The van der Waals surface area contributed by atoms with Crippen LogP contribution in [0.4, 0.5) is 0 Å². The first-order chi connectivity index (χ1) is 17.6. The van der Waals surface area contributed by atoms with E-state index >= 15 is 0 Å². The number of thiol groups is 1. The van der Waals surface area contributed by atoms with Gasteiger partial charge in [0.25, 0.3) is 0 Å². The number of thiocarbonyl (C=S) groups is 1. The van der Waals surface area contributed by atoms with Crippen LogP contribution < -0.4 is 14.0 Å². The summed E-state index contributed by atoms with van der Waals surface area (Å²) in [7, 11) is -29.5. The average molecular weight is 971 g/mol. The molecule has 0 heterocycles. The van der Waals surface area contributed by atoms with Crippen LogP contribution in [0.25, 0.3) is 0 Å². The summed E-state index contributed by atoms with van der Waals surface area (Å²) in [4.78, 5) is 54.6. The van der Waals surface area contributed by atoms with Crippen molar-refractivity contribution in [1.29, 1.82) is 0 Å². The molecule has 0 saturated carbocycles. The van der Waals surface area contributed by atoms with Crippen molar-refractivity contribution in [2.75, 3.05) is 13.1 Å². The molecule has 0 aliphatic heterocycles. The molecule has 11 N–H and O–H groups in total. The maximum atomic E-state index is 9.63. The molecule has 0 fully saturated rings. The summed E-state index contributed by atoms with van der Waals surface area (Å²) >= 11 is 2.95. The van der Waals surface area contributed by atoms with Crippen molar-refractivity contribution in [1.82, 2.24) is 4.90 Å². The summed E-state index contributed by atoms with van der Waals surface area (Å²) in [5, 5.41) is 0. The summed E-state index contributed by atoms with van der Waals surface area (Å²) < 4.78 is 157. The first-order valence-corrected chi connectivity index (χ1v) is 21.8. The van der Waals surface area contributed by atoms with Gasteiger partial charge in [0.2, 0.25) is 0 Å². The standard InChI is InChI=1S/C5H11NS2.ClHO4.H2O8S2.H4O7P2.H3O4P.H2O.3O.Re/c1-3-6(4-2)5(7)8;2-1(3,4)5;1-9(2,3)7-8-10(4,5)6;1-8(2,3)7-9(4,5)6;1-5(2,3)4;;;;;/h3-4H2,1-2H3,(H,7,8);(H,2,3,4,5);(H,1,2,3)(H,4,5,6);(H2,1,2,3)(H2,4,5,6);(H3,1,2,3,4);1H2;;;;/q;;;;;;;;;+1/p-1. The Morgan fingerprint density at radius 3 is 1.02 bits per heavy atom. The molecule has 0 bridgehead atoms. The van der Waals surface area contributed by atoms with E-state index in [1.807, 2.05) is 4.90 Å². The van der Waals surface area contributed by atoms with Gasteiger partial charge in [-0.05, 0) is 13.8 Å². The van der Waals surface area contributed by atoms with Gasteiger partial charge >= 0.3 is 74.3 Å². The average Bonchev–Trinajstić information content (AvgIpc) is 2.53. The van der Waals surface area contributed by atoms with E-state index in [2.05, 4.69) is 39.5 Å². The predicted octanol–water partition coefficient (Wildman–Crippen LogP) is -6.70. The molecule has 42 heavy (non-hydrogen) atoms. The van der Waals surface area contributed by atoms with E-state index < -0.39 is 70.3 Å². The van der Waals surface area contributed by atoms with Crippen molar-refractivity contribution in [3.63, 3.8) is 0 Å². The zero-order valence-corrected chi connectivity index (χ0v) is 29.1. The third kappa shape index (κ3) is 137. The number of hydrogen-bond acceptors (Lipinski definition) is 18. The summed E-state index contributed by atoms with van der Waals surface area (Å²) in [6, 6.07) is 0. The van der Waals surface area contributed by atoms with Crippen molar-refractivity contribution >= 4 is 73.4 Å². The molecule has 37 heteroatoms. The van der Waals surface area contributed by atoms with Crippen LogP contribution >= 0.6 is 48.3 Å². The van der Waals surface area contributed by atoms with Crippen molar-refractivity contribution in [3.05, 3.63) is 0 Å². The summed E-state index contributed by atoms with van der Waals surface area (Å²) in [5.74, 6) is 0. The first-order valence-electron chi connectivity index (χ1n) is 7.81. The van der Waals surface area contributed by atoms with E-state index in [1.54, 1.807) is 0 Å². The van der Waals surface area contributed by atoms with Crippen LogP contribution in [0.2, 0.25) is 0 Å².